The van der Waals surface area contributed by atoms with Gasteiger partial charge in [-0.3, -0.25) is 4.68 Å². The Labute approximate surface area is 183 Å². The summed E-state index contributed by atoms with van der Waals surface area (Å²) in [5.41, 5.74) is 2.01. The van der Waals surface area contributed by atoms with E-state index in [1.54, 1.807) is 24.3 Å². The molecule has 0 N–H and O–H groups in total. The molecule has 0 spiro atoms. The third-order valence-electron chi connectivity index (χ3n) is 4.76. The van der Waals surface area contributed by atoms with E-state index < -0.39 is 18.6 Å². The van der Waals surface area contributed by atoms with Gasteiger partial charge in [0.2, 0.25) is 5.88 Å². The summed E-state index contributed by atoms with van der Waals surface area (Å²) in [6, 6.07) is 9.75. The monoisotopic (exact) mass is 460 g/mol. The molecule has 33 heavy (non-hydrogen) atoms. The van der Waals surface area contributed by atoms with Crippen LogP contribution in [-0.4, -0.2) is 44.2 Å². The molecule has 3 aromatic heterocycles. The average Bonchev–Trinajstić information content (AvgIpc) is 3.24. The van der Waals surface area contributed by atoms with E-state index in [2.05, 4.69) is 25.1 Å². The molecule has 0 fully saturated rings. The molecule has 1 aromatic carbocycles. The fourth-order valence-electron chi connectivity index (χ4n) is 3.11. The predicted molar refractivity (Wildman–Crippen MR) is 108 cm³/mol. The third-order valence-corrected chi connectivity index (χ3v) is 4.76. The highest BCUT2D eigenvalue weighted by molar-refractivity contribution is 5.88. The number of benzene rings is 1. The molecule has 4 aromatic rings. The first-order valence-corrected chi connectivity index (χ1v) is 9.29. The molecular weight excluding hydrogens is 447 g/mol. The van der Waals surface area contributed by atoms with Crippen LogP contribution in [0.2, 0.25) is 0 Å². The molecule has 0 amide bonds. The van der Waals surface area contributed by atoms with Crippen molar-refractivity contribution in [3.8, 4) is 28.3 Å². The van der Waals surface area contributed by atoms with Crippen molar-refractivity contribution in [3.63, 3.8) is 0 Å². The normalized spacial score (nSPS) is 12.0. The first-order chi connectivity index (χ1) is 15.6. The van der Waals surface area contributed by atoms with E-state index in [-0.39, 0.29) is 11.4 Å². The van der Waals surface area contributed by atoms with Gasteiger partial charge in [-0.15, -0.1) is 15.2 Å². The van der Waals surface area contributed by atoms with E-state index in [9.17, 15) is 22.0 Å². The molecule has 0 aliphatic carbocycles. The molecule has 0 radical (unpaired) electrons. The van der Waals surface area contributed by atoms with Gasteiger partial charge in [-0.25, -0.2) is 0 Å². The number of rotatable bonds is 5. The lowest BCUT2D eigenvalue weighted by molar-refractivity contribution is -0.287. The Morgan fingerprint density at radius 1 is 1.03 bits per heavy atom. The van der Waals surface area contributed by atoms with Crippen LogP contribution in [0, 0.1) is 6.57 Å². The van der Waals surface area contributed by atoms with Crippen molar-refractivity contribution in [3.05, 3.63) is 60.2 Å². The number of aromatic nitrogens is 5. The Morgan fingerprint density at radius 3 is 2.52 bits per heavy atom. The second-order valence-corrected chi connectivity index (χ2v) is 6.97. The number of ether oxygens (including phenoxy) is 1. The summed E-state index contributed by atoms with van der Waals surface area (Å²) in [4.78, 5) is 7.62. The summed E-state index contributed by atoms with van der Waals surface area (Å²) in [7, 11) is 1.46. The lowest BCUT2D eigenvalue weighted by atomic mass is 10.0. The van der Waals surface area contributed by atoms with Crippen LogP contribution in [-0.2, 0) is 6.54 Å². The quantitative estimate of drug-likeness (QED) is 0.298. The van der Waals surface area contributed by atoms with E-state index in [0.717, 1.165) is 17.8 Å². The molecule has 168 valence electrons. The number of alkyl halides is 5. The molecule has 0 unspecified atom stereocenters. The van der Waals surface area contributed by atoms with Gasteiger partial charge < -0.3 is 9.58 Å². The van der Waals surface area contributed by atoms with Crippen molar-refractivity contribution in [1.82, 2.24) is 25.0 Å². The van der Waals surface area contributed by atoms with Crippen LogP contribution < -0.4 is 4.74 Å². The zero-order valence-electron chi connectivity index (χ0n) is 16.8. The zero-order chi connectivity index (χ0) is 23.8. The van der Waals surface area contributed by atoms with Crippen LogP contribution >= 0.6 is 0 Å². The molecule has 0 saturated carbocycles. The maximum Gasteiger partial charge on any atom is 0.455 e. The molecule has 0 bridgehead atoms. The molecule has 0 aliphatic heterocycles. The standard InChI is InChI=1S/C21H13F5N6O/c1-27-17-6-5-15(14-9-28-32(10-14)11-20(22,23)21(24,25)26)19(29-17)13-4-3-12-8-18(33-2)31-30-16(12)7-13/h3-10H,11H2,2H3. The molecule has 0 aliphatic rings. The zero-order valence-corrected chi connectivity index (χ0v) is 16.8. The molecule has 0 atom stereocenters. The van der Waals surface area contributed by atoms with E-state index in [0.29, 0.717) is 32.9 Å². The van der Waals surface area contributed by atoms with Gasteiger partial charge in [0.05, 0.1) is 18.8 Å². The number of fused-ring (bicyclic) bond motifs is 1. The van der Waals surface area contributed by atoms with Gasteiger partial charge in [0.1, 0.15) is 6.54 Å². The second kappa shape index (κ2) is 8.09. The number of methoxy groups -OCH3 is 1. The van der Waals surface area contributed by atoms with Gasteiger partial charge in [0.25, 0.3) is 5.82 Å². The highest BCUT2D eigenvalue weighted by atomic mass is 19.4. The van der Waals surface area contributed by atoms with Crippen LogP contribution in [0.5, 0.6) is 5.88 Å². The fraction of sp³-hybridized carbons (Fsp3) is 0.190. The highest BCUT2D eigenvalue weighted by Crippen LogP contribution is 2.38. The topological polar surface area (TPSA) is 70.1 Å². The highest BCUT2D eigenvalue weighted by Gasteiger charge is 2.57. The van der Waals surface area contributed by atoms with Crippen molar-refractivity contribution in [2.45, 2.75) is 18.6 Å². The van der Waals surface area contributed by atoms with Crippen molar-refractivity contribution >= 4 is 16.7 Å². The molecule has 4 rings (SSSR count). The predicted octanol–water partition coefficient (Wildman–Crippen LogP) is 5.31. The van der Waals surface area contributed by atoms with Crippen LogP contribution in [0.15, 0.2) is 48.8 Å². The largest absolute Gasteiger partial charge is 0.480 e. The Kier molecular flexibility index (Phi) is 5.41. The van der Waals surface area contributed by atoms with Gasteiger partial charge in [0.15, 0.2) is 5.69 Å². The number of hydrogen-bond donors (Lipinski definition) is 0. The first kappa shape index (κ1) is 22.1. The number of halogens is 5. The fourth-order valence-corrected chi connectivity index (χ4v) is 3.11. The van der Waals surface area contributed by atoms with Crippen LogP contribution in [0.4, 0.5) is 27.8 Å². The van der Waals surface area contributed by atoms with E-state index in [1.807, 2.05) is 0 Å². The molecule has 7 nitrogen and oxygen atoms in total. The van der Waals surface area contributed by atoms with Crippen molar-refractivity contribution in [2.24, 2.45) is 0 Å². The minimum Gasteiger partial charge on any atom is -0.480 e. The lowest BCUT2D eigenvalue weighted by Gasteiger charge is -2.19. The smallest absolute Gasteiger partial charge is 0.455 e. The van der Waals surface area contributed by atoms with Gasteiger partial charge in [0, 0.05) is 34.3 Å². The van der Waals surface area contributed by atoms with Crippen molar-refractivity contribution in [2.75, 3.05) is 7.11 Å². The lowest BCUT2D eigenvalue weighted by Crippen LogP contribution is -2.40. The van der Waals surface area contributed by atoms with E-state index >= 15 is 0 Å². The Bertz CT molecular complexity index is 1380. The summed E-state index contributed by atoms with van der Waals surface area (Å²) in [6.07, 6.45) is -3.46. The molecule has 0 saturated heterocycles. The average molecular weight is 460 g/mol. The van der Waals surface area contributed by atoms with Crippen LogP contribution in [0.3, 0.4) is 0 Å². The Hall–Kier alpha value is -4.14. The summed E-state index contributed by atoms with van der Waals surface area (Å²) in [5, 5.41) is 12.4. The van der Waals surface area contributed by atoms with Crippen molar-refractivity contribution in [1.29, 1.82) is 0 Å². The number of pyridine rings is 1. The Balaban J connectivity index is 1.77. The van der Waals surface area contributed by atoms with Gasteiger partial charge in [-0.1, -0.05) is 18.7 Å². The summed E-state index contributed by atoms with van der Waals surface area (Å²) in [5.74, 6) is -4.54. The minimum atomic E-state index is -5.70. The summed E-state index contributed by atoms with van der Waals surface area (Å²) >= 11 is 0. The van der Waals surface area contributed by atoms with Gasteiger partial charge in [-0.05, 0) is 18.2 Å². The van der Waals surface area contributed by atoms with Gasteiger partial charge in [-0.2, -0.15) is 27.1 Å². The van der Waals surface area contributed by atoms with Crippen molar-refractivity contribution < 1.29 is 26.7 Å². The Morgan fingerprint density at radius 2 is 1.82 bits per heavy atom. The molecular formula is C21H13F5N6O. The number of hydrogen-bond acceptors (Lipinski definition) is 5. The summed E-state index contributed by atoms with van der Waals surface area (Å²) in [6.45, 7) is 5.58. The minimum absolute atomic E-state index is 0.0747. The number of nitrogens with zero attached hydrogens (tertiary/aromatic N) is 6. The third kappa shape index (κ3) is 4.30. The SMILES string of the molecule is [C-]#[N+]c1ccc(-c2cnn(CC(F)(F)C(F)(F)F)c2)c(-c2ccc3cc(OC)nnc3c2)n1. The molecule has 3 heterocycles. The molecule has 12 heteroatoms. The maximum atomic E-state index is 13.4. The summed E-state index contributed by atoms with van der Waals surface area (Å²) < 4.78 is 70.0. The first-order valence-electron chi connectivity index (χ1n) is 9.29. The van der Waals surface area contributed by atoms with Gasteiger partial charge >= 0.3 is 12.1 Å². The maximum absolute atomic E-state index is 13.4. The van der Waals surface area contributed by atoms with E-state index in [1.165, 1.54) is 19.2 Å². The van der Waals surface area contributed by atoms with Crippen LogP contribution in [0.25, 0.3) is 38.1 Å². The van der Waals surface area contributed by atoms with Crippen LogP contribution in [0.1, 0.15) is 0 Å². The van der Waals surface area contributed by atoms with E-state index in [4.69, 9.17) is 11.3 Å². The second-order valence-electron chi connectivity index (χ2n) is 6.97.